The van der Waals surface area contributed by atoms with Gasteiger partial charge in [0.25, 0.3) is 0 Å². The number of hydrogen-bond acceptors (Lipinski definition) is 3. The van der Waals surface area contributed by atoms with Crippen LogP contribution in [0.15, 0.2) is 24.4 Å². The summed E-state index contributed by atoms with van der Waals surface area (Å²) in [6, 6.07) is 5.87. The first-order chi connectivity index (χ1) is 9.04. The van der Waals surface area contributed by atoms with Crippen molar-refractivity contribution in [1.82, 2.24) is 9.88 Å². The molecule has 106 valence electrons. The Morgan fingerprint density at radius 1 is 1.42 bits per heavy atom. The molecule has 19 heavy (non-hydrogen) atoms. The molecule has 0 fully saturated rings. The predicted octanol–water partition coefficient (Wildman–Crippen LogP) is 2.34. The Balaban J connectivity index is 2.64. The quantitative estimate of drug-likeness (QED) is 0.821. The van der Waals surface area contributed by atoms with E-state index < -0.39 is 0 Å². The summed E-state index contributed by atoms with van der Waals surface area (Å²) in [4.78, 5) is 18.4. The third-order valence-corrected chi connectivity index (χ3v) is 3.10. The maximum Gasteiger partial charge on any atom is 0.224 e. The lowest BCUT2D eigenvalue weighted by Gasteiger charge is -2.27. The fourth-order valence-corrected chi connectivity index (χ4v) is 2.04. The van der Waals surface area contributed by atoms with Crippen LogP contribution >= 0.6 is 0 Å². The van der Waals surface area contributed by atoms with E-state index in [1.54, 1.807) is 6.20 Å². The van der Waals surface area contributed by atoms with Gasteiger partial charge in [-0.1, -0.05) is 19.4 Å². The molecule has 0 spiro atoms. The van der Waals surface area contributed by atoms with Crippen LogP contribution < -0.4 is 5.73 Å². The van der Waals surface area contributed by atoms with Crippen LogP contribution in [0.3, 0.4) is 0 Å². The summed E-state index contributed by atoms with van der Waals surface area (Å²) < 4.78 is 0. The molecule has 1 heterocycles. The summed E-state index contributed by atoms with van der Waals surface area (Å²) in [5.74, 6) is 0.113. The first kappa shape index (κ1) is 15.6. The highest BCUT2D eigenvalue weighted by Crippen LogP contribution is 2.10. The zero-order valence-corrected chi connectivity index (χ0v) is 12.2. The fourth-order valence-electron chi connectivity index (χ4n) is 2.04. The third kappa shape index (κ3) is 5.39. The summed E-state index contributed by atoms with van der Waals surface area (Å²) in [5.41, 5.74) is 6.86. The number of pyridine rings is 1. The van der Waals surface area contributed by atoms with Gasteiger partial charge in [-0.2, -0.15) is 0 Å². The smallest absolute Gasteiger partial charge is 0.224 e. The highest BCUT2D eigenvalue weighted by atomic mass is 16.2. The van der Waals surface area contributed by atoms with E-state index in [9.17, 15) is 4.79 Å². The number of rotatable bonds is 7. The molecule has 2 N–H and O–H groups in total. The van der Waals surface area contributed by atoms with E-state index in [0.29, 0.717) is 13.0 Å². The molecule has 1 rings (SSSR count). The van der Waals surface area contributed by atoms with E-state index in [1.165, 1.54) is 0 Å². The Hall–Kier alpha value is -1.42. The van der Waals surface area contributed by atoms with Crippen LogP contribution in [0.5, 0.6) is 0 Å². The van der Waals surface area contributed by atoms with Gasteiger partial charge in [-0.3, -0.25) is 9.78 Å². The molecule has 1 aromatic heterocycles. The Kier molecular flexibility index (Phi) is 6.50. The van der Waals surface area contributed by atoms with Gasteiger partial charge in [-0.25, -0.2) is 0 Å². The molecule has 4 nitrogen and oxygen atoms in total. The summed E-state index contributed by atoms with van der Waals surface area (Å²) in [6.07, 6.45) is 4.07. The molecule has 4 heteroatoms. The SMILES string of the molecule is CCCC(N)CC(=O)N(Cc1ccccn1)C(C)C. The molecule has 0 aliphatic rings. The lowest BCUT2D eigenvalue weighted by molar-refractivity contribution is -0.134. The topological polar surface area (TPSA) is 59.2 Å². The molecule has 1 amide bonds. The van der Waals surface area contributed by atoms with Crippen LogP contribution in [0.25, 0.3) is 0 Å². The number of amides is 1. The molecule has 0 radical (unpaired) electrons. The summed E-state index contributed by atoms with van der Waals surface area (Å²) in [6.45, 7) is 6.67. The van der Waals surface area contributed by atoms with Crippen molar-refractivity contribution in [3.05, 3.63) is 30.1 Å². The van der Waals surface area contributed by atoms with Gasteiger partial charge >= 0.3 is 0 Å². The van der Waals surface area contributed by atoms with Crippen LogP contribution in [0, 0.1) is 0 Å². The Morgan fingerprint density at radius 2 is 2.16 bits per heavy atom. The minimum atomic E-state index is -0.0394. The number of nitrogens with two attached hydrogens (primary N) is 1. The van der Waals surface area contributed by atoms with Crippen molar-refractivity contribution in [2.45, 2.75) is 58.7 Å². The normalized spacial score (nSPS) is 12.5. The molecule has 0 aromatic carbocycles. The molecule has 0 saturated carbocycles. The molecule has 0 aliphatic carbocycles. The second-order valence-electron chi connectivity index (χ2n) is 5.19. The molecule has 1 atom stereocenters. The largest absolute Gasteiger partial charge is 0.334 e. The molecular formula is C15H25N3O. The van der Waals surface area contributed by atoms with E-state index in [0.717, 1.165) is 18.5 Å². The number of carbonyl (C=O) groups excluding carboxylic acids is 1. The van der Waals surface area contributed by atoms with Gasteiger partial charge in [0, 0.05) is 24.7 Å². The summed E-state index contributed by atoms with van der Waals surface area (Å²) in [5, 5.41) is 0. The second-order valence-corrected chi connectivity index (χ2v) is 5.19. The van der Waals surface area contributed by atoms with Crippen molar-refractivity contribution in [3.8, 4) is 0 Å². The zero-order valence-electron chi connectivity index (χ0n) is 12.2. The highest BCUT2D eigenvalue weighted by molar-refractivity contribution is 5.77. The van der Waals surface area contributed by atoms with Gasteiger partial charge in [-0.15, -0.1) is 0 Å². The Morgan fingerprint density at radius 3 is 2.68 bits per heavy atom. The van der Waals surface area contributed by atoms with Gasteiger partial charge in [-0.05, 0) is 32.4 Å². The molecule has 1 aromatic rings. The van der Waals surface area contributed by atoms with Gasteiger partial charge in [0.1, 0.15) is 0 Å². The van der Waals surface area contributed by atoms with E-state index in [2.05, 4.69) is 11.9 Å². The van der Waals surface area contributed by atoms with Crippen molar-refractivity contribution >= 4 is 5.91 Å². The minimum absolute atomic E-state index is 0.0394. The lowest BCUT2D eigenvalue weighted by atomic mass is 10.1. The van der Waals surface area contributed by atoms with Crippen molar-refractivity contribution in [1.29, 1.82) is 0 Å². The fraction of sp³-hybridized carbons (Fsp3) is 0.600. The molecule has 1 unspecified atom stereocenters. The summed E-state index contributed by atoms with van der Waals surface area (Å²) in [7, 11) is 0. The Labute approximate surface area is 116 Å². The lowest BCUT2D eigenvalue weighted by Crippen LogP contribution is -2.39. The maximum atomic E-state index is 12.3. The number of aromatic nitrogens is 1. The second kappa shape index (κ2) is 7.89. The van der Waals surface area contributed by atoms with Crippen LogP contribution in [0.2, 0.25) is 0 Å². The first-order valence-corrected chi connectivity index (χ1v) is 6.99. The average Bonchev–Trinajstić information content (AvgIpc) is 2.36. The number of nitrogens with zero attached hydrogens (tertiary/aromatic N) is 2. The molecule has 0 saturated heterocycles. The standard InChI is InChI=1S/C15H25N3O/c1-4-7-13(16)10-15(19)18(12(2)3)11-14-8-5-6-9-17-14/h5-6,8-9,12-13H,4,7,10-11,16H2,1-3H3. The number of hydrogen-bond donors (Lipinski definition) is 1. The van der Waals surface area contributed by atoms with Gasteiger partial charge < -0.3 is 10.6 Å². The van der Waals surface area contributed by atoms with E-state index in [-0.39, 0.29) is 18.0 Å². The van der Waals surface area contributed by atoms with Crippen LogP contribution in [-0.4, -0.2) is 27.9 Å². The van der Waals surface area contributed by atoms with E-state index >= 15 is 0 Å². The molecule has 0 bridgehead atoms. The van der Waals surface area contributed by atoms with Crippen molar-refractivity contribution in [2.24, 2.45) is 5.73 Å². The monoisotopic (exact) mass is 263 g/mol. The van der Waals surface area contributed by atoms with Crippen LogP contribution in [-0.2, 0) is 11.3 Å². The highest BCUT2D eigenvalue weighted by Gasteiger charge is 2.19. The summed E-state index contributed by atoms with van der Waals surface area (Å²) >= 11 is 0. The minimum Gasteiger partial charge on any atom is -0.334 e. The van der Waals surface area contributed by atoms with Gasteiger partial charge in [0.05, 0.1) is 12.2 Å². The van der Waals surface area contributed by atoms with Crippen molar-refractivity contribution < 1.29 is 4.79 Å². The van der Waals surface area contributed by atoms with Crippen molar-refractivity contribution in [3.63, 3.8) is 0 Å². The number of carbonyl (C=O) groups is 1. The van der Waals surface area contributed by atoms with Gasteiger partial charge in [0.2, 0.25) is 5.91 Å². The zero-order chi connectivity index (χ0) is 14.3. The van der Waals surface area contributed by atoms with E-state index in [4.69, 9.17) is 5.73 Å². The predicted molar refractivity (Wildman–Crippen MR) is 77.4 cm³/mol. The average molecular weight is 263 g/mol. The van der Waals surface area contributed by atoms with E-state index in [1.807, 2.05) is 36.9 Å². The van der Waals surface area contributed by atoms with Crippen LogP contribution in [0.1, 0.15) is 45.7 Å². The van der Waals surface area contributed by atoms with Gasteiger partial charge in [0.15, 0.2) is 0 Å². The molecular weight excluding hydrogens is 238 g/mol. The first-order valence-electron chi connectivity index (χ1n) is 6.99. The van der Waals surface area contributed by atoms with Crippen molar-refractivity contribution in [2.75, 3.05) is 0 Å². The Bertz CT molecular complexity index is 378. The van der Waals surface area contributed by atoms with Crippen LogP contribution in [0.4, 0.5) is 0 Å². The molecule has 0 aliphatic heterocycles. The third-order valence-electron chi connectivity index (χ3n) is 3.10. The maximum absolute atomic E-state index is 12.3.